The highest BCUT2D eigenvalue weighted by atomic mass is 16.7. The summed E-state index contributed by atoms with van der Waals surface area (Å²) in [5.41, 5.74) is 2.97. The summed E-state index contributed by atoms with van der Waals surface area (Å²) in [7, 11) is 1.56. The number of carbonyl (C=O) groups is 1. The summed E-state index contributed by atoms with van der Waals surface area (Å²) in [6, 6.07) is 0. The zero-order valence-corrected chi connectivity index (χ0v) is 6.46. The molecule has 11 heavy (non-hydrogen) atoms. The predicted octanol–water partition coefficient (Wildman–Crippen LogP) is 0.940. The molecule has 0 radical (unpaired) electrons. The van der Waals surface area contributed by atoms with Gasteiger partial charge in [-0.05, 0) is 12.8 Å². The molecule has 3 heteroatoms. The molecule has 0 fully saturated rings. The van der Waals surface area contributed by atoms with Crippen molar-refractivity contribution in [2.24, 2.45) is 0 Å². The van der Waals surface area contributed by atoms with E-state index in [2.05, 4.69) is 10.3 Å². The molecule has 0 heterocycles. The first kappa shape index (κ1) is 8.01. The molecule has 0 spiro atoms. The number of rotatable bonds is 2. The molecule has 1 aliphatic rings. The van der Waals surface area contributed by atoms with E-state index in [1.54, 1.807) is 13.1 Å². The van der Waals surface area contributed by atoms with Crippen molar-refractivity contribution in [3.63, 3.8) is 0 Å². The molecule has 1 rings (SSSR count). The van der Waals surface area contributed by atoms with Crippen LogP contribution in [0.2, 0.25) is 0 Å². The van der Waals surface area contributed by atoms with Gasteiger partial charge in [-0.2, -0.15) is 5.48 Å². The number of nitrogens with one attached hydrogen (secondary N) is 1. The summed E-state index contributed by atoms with van der Waals surface area (Å²) in [5, 5.41) is 0. The Bertz CT molecular complexity index is 206. The summed E-state index contributed by atoms with van der Waals surface area (Å²) in [6.45, 7) is 0. The van der Waals surface area contributed by atoms with Crippen LogP contribution in [0.15, 0.2) is 23.8 Å². The second-order valence-corrected chi connectivity index (χ2v) is 2.23. The Balaban J connectivity index is 2.52. The van der Waals surface area contributed by atoms with Gasteiger partial charge in [0.1, 0.15) is 0 Å². The van der Waals surface area contributed by atoms with Crippen LogP contribution in [0.4, 0.5) is 0 Å². The number of carbonyl (C=O) groups excluding carboxylic acids is 1. The smallest absolute Gasteiger partial charge is 0.356 e. The topological polar surface area (TPSA) is 38.3 Å². The van der Waals surface area contributed by atoms with E-state index in [0.717, 1.165) is 12.8 Å². The van der Waals surface area contributed by atoms with Gasteiger partial charge in [-0.3, -0.25) is 0 Å². The molecule has 0 amide bonds. The summed E-state index contributed by atoms with van der Waals surface area (Å²) in [4.78, 5) is 15.6. The van der Waals surface area contributed by atoms with E-state index in [-0.39, 0.29) is 5.97 Å². The fourth-order valence-electron chi connectivity index (χ4n) is 0.916. The predicted molar refractivity (Wildman–Crippen MR) is 41.6 cm³/mol. The molecular formula is C8H11NO2. The minimum absolute atomic E-state index is 0.316. The molecule has 0 saturated heterocycles. The van der Waals surface area contributed by atoms with Gasteiger partial charge in [0.2, 0.25) is 0 Å². The maximum atomic E-state index is 11.0. The van der Waals surface area contributed by atoms with Crippen LogP contribution >= 0.6 is 0 Å². The molecule has 0 saturated carbocycles. The van der Waals surface area contributed by atoms with Gasteiger partial charge < -0.3 is 4.84 Å². The van der Waals surface area contributed by atoms with Crippen molar-refractivity contribution in [1.29, 1.82) is 0 Å². The fourth-order valence-corrected chi connectivity index (χ4v) is 0.916. The van der Waals surface area contributed by atoms with Crippen molar-refractivity contribution in [3.8, 4) is 0 Å². The first-order valence-electron chi connectivity index (χ1n) is 3.59. The van der Waals surface area contributed by atoms with Crippen molar-refractivity contribution in [1.82, 2.24) is 5.48 Å². The van der Waals surface area contributed by atoms with Gasteiger partial charge >= 0.3 is 5.97 Å². The average Bonchev–Trinajstić information content (AvgIpc) is 2.07. The van der Waals surface area contributed by atoms with Crippen LogP contribution in [0.5, 0.6) is 0 Å². The van der Waals surface area contributed by atoms with Crippen molar-refractivity contribution in [2.75, 3.05) is 7.05 Å². The molecule has 0 aromatic rings. The molecule has 0 aromatic heterocycles. The highest BCUT2D eigenvalue weighted by Crippen LogP contribution is 2.09. The molecular weight excluding hydrogens is 142 g/mol. The Hall–Kier alpha value is -1.09. The Morgan fingerprint density at radius 3 is 3.00 bits per heavy atom. The summed E-state index contributed by atoms with van der Waals surface area (Å²) in [5.74, 6) is -0.316. The van der Waals surface area contributed by atoms with Gasteiger partial charge in [-0.1, -0.05) is 18.2 Å². The van der Waals surface area contributed by atoms with E-state index in [9.17, 15) is 4.79 Å². The fraction of sp³-hybridized carbons (Fsp3) is 0.375. The largest absolute Gasteiger partial charge is 0.367 e. The molecule has 0 aliphatic heterocycles. The number of hydroxylamine groups is 1. The maximum absolute atomic E-state index is 11.0. The van der Waals surface area contributed by atoms with Crippen LogP contribution in [0.3, 0.4) is 0 Å². The Labute approximate surface area is 65.7 Å². The van der Waals surface area contributed by atoms with E-state index < -0.39 is 0 Å². The van der Waals surface area contributed by atoms with Gasteiger partial charge in [0.25, 0.3) is 0 Å². The number of hydrogen-bond donors (Lipinski definition) is 1. The Morgan fingerprint density at radius 1 is 1.64 bits per heavy atom. The third kappa shape index (κ3) is 2.20. The molecule has 0 aromatic carbocycles. The van der Waals surface area contributed by atoms with Crippen molar-refractivity contribution >= 4 is 5.97 Å². The van der Waals surface area contributed by atoms with Gasteiger partial charge in [0.15, 0.2) is 0 Å². The van der Waals surface area contributed by atoms with Gasteiger partial charge in [-0.15, -0.1) is 0 Å². The lowest BCUT2D eigenvalue weighted by atomic mass is 10.1. The molecule has 1 aliphatic carbocycles. The normalized spacial score (nSPS) is 15.9. The minimum Gasteiger partial charge on any atom is -0.367 e. The van der Waals surface area contributed by atoms with Gasteiger partial charge in [0, 0.05) is 7.05 Å². The third-order valence-corrected chi connectivity index (χ3v) is 1.43. The van der Waals surface area contributed by atoms with Crippen LogP contribution in [-0.2, 0) is 9.63 Å². The first-order chi connectivity index (χ1) is 5.34. The third-order valence-electron chi connectivity index (χ3n) is 1.43. The molecule has 60 valence electrons. The lowest BCUT2D eigenvalue weighted by Crippen LogP contribution is -2.16. The van der Waals surface area contributed by atoms with Crippen LogP contribution in [0.1, 0.15) is 12.8 Å². The van der Waals surface area contributed by atoms with Crippen LogP contribution < -0.4 is 5.48 Å². The minimum atomic E-state index is -0.316. The molecule has 1 N–H and O–H groups in total. The lowest BCUT2D eigenvalue weighted by molar-refractivity contribution is -0.144. The second-order valence-electron chi connectivity index (χ2n) is 2.23. The van der Waals surface area contributed by atoms with E-state index in [1.807, 2.05) is 12.2 Å². The number of allylic oxidation sites excluding steroid dienone is 2. The standard InChI is InChI=1S/C8H11NO2/c1-9-11-8(10)7-5-3-2-4-6-7/h3,5-6,9H,2,4H2,1H3. The number of hydrogen-bond acceptors (Lipinski definition) is 3. The van der Waals surface area contributed by atoms with Gasteiger partial charge in [0.05, 0.1) is 5.57 Å². The summed E-state index contributed by atoms with van der Waals surface area (Å²) in [6.07, 6.45) is 7.55. The molecule has 0 unspecified atom stereocenters. The zero-order chi connectivity index (χ0) is 8.10. The van der Waals surface area contributed by atoms with Gasteiger partial charge in [-0.25, -0.2) is 4.79 Å². The quantitative estimate of drug-likeness (QED) is 0.600. The highest BCUT2D eigenvalue weighted by Gasteiger charge is 2.08. The van der Waals surface area contributed by atoms with Crippen LogP contribution in [0.25, 0.3) is 0 Å². The first-order valence-corrected chi connectivity index (χ1v) is 3.59. The van der Waals surface area contributed by atoms with Crippen LogP contribution in [-0.4, -0.2) is 13.0 Å². The summed E-state index contributed by atoms with van der Waals surface area (Å²) < 4.78 is 0. The monoisotopic (exact) mass is 153 g/mol. The highest BCUT2D eigenvalue weighted by molar-refractivity contribution is 5.91. The van der Waals surface area contributed by atoms with E-state index in [4.69, 9.17) is 0 Å². The van der Waals surface area contributed by atoms with E-state index in [1.165, 1.54) is 0 Å². The second kappa shape index (κ2) is 3.93. The van der Waals surface area contributed by atoms with E-state index in [0.29, 0.717) is 5.57 Å². The van der Waals surface area contributed by atoms with Crippen molar-refractivity contribution in [3.05, 3.63) is 23.8 Å². The van der Waals surface area contributed by atoms with Crippen LogP contribution in [0, 0.1) is 0 Å². The molecule has 3 nitrogen and oxygen atoms in total. The molecule has 0 atom stereocenters. The molecule has 0 bridgehead atoms. The Kier molecular flexibility index (Phi) is 2.86. The average molecular weight is 153 g/mol. The lowest BCUT2D eigenvalue weighted by Gasteiger charge is -2.04. The summed E-state index contributed by atoms with van der Waals surface area (Å²) >= 11 is 0. The van der Waals surface area contributed by atoms with E-state index >= 15 is 0 Å². The Morgan fingerprint density at radius 2 is 2.45 bits per heavy atom. The zero-order valence-electron chi connectivity index (χ0n) is 6.46. The van der Waals surface area contributed by atoms with Crippen molar-refractivity contribution < 1.29 is 9.63 Å². The maximum Gasteiger partial charge on any atom is 0.356 e. The van der Waals surface area contributed by atoms with Crippen molar-refractivity contribution in [2.45, 2.75) is 12.8 Å². The SMILES string of the molecule is CNOC(=O)C1=CCCC=C1.